The molecule has 0 saturated heterocycles. The van der Waals surface area contributed by atoms with Crippen molar-refractivity contribution in [3.8, 4) is 0 Å². The summed E-state index contributed by atoms with van der Waals surface area (Å²) >= 11 is 5.96. The van der Waals surface area contributed by atoms with Gasteiger partial charge in [0.2, 0.25) is 0 Å². The van der Waals surface area contributed by atoms with Crippen LogP contribution < -0.4 is 0 Å². The molecule has 1 aromatic carbocycles. The lowest BCUT2D eigenvalue weighted by atomic mass is 10.2. The second-order valence-corrected chi connectivity index (χ2v) is 3.44. The fourth-order valence-corrected chi connectivity index (χ4v) is 1.70. The van der Waals surface area contributed by atoms with Crippen molar-refractivity contribution in [3.05, 3.63) is 34.5 Å². The van der Waals surface area contributed by atoms with Crippen molar-refractivity contribution < 1.29 is 9.52 Å². The van der Waals surface area contributed by atoms with Crippen molar-refractivity contribution in [2.45, 2.75) is 13.5 Å². The van der Waals surface area contributed by atoms with Crippen LogP contribution in [0.4, 0.5) is 0 Å². The number of benzene rings is 1. The molecule has 0 radical (unpaired) electrons. The summed E-state index contributed by atoms with van der Waals surface area (Å²) in [5.41, 5.74) is 1.74. The molecule has 0 unspecified atom stereocenters. The van der Waals surface area contributed by atoms with E-state index in [-0.39, 0.29) is 6.61 Å². The van der Waals surface area contributed by atoms with Crippen LogP contribution in [-0.2, 0) is 6.61 Å². The summed E-state index contributed by atoms with van der Waals surface area (Å²) in [5.74, 6) is 0.544. The largest absolute Gasteiger partial charge is 0.457 e. The first-order chi connectivity index (χ1) is 6.20. The van der Waals surface area contributed by atoms with Crippen LogP contribution in [0.1, 0.15) is 11.3 Å². The molecule has 68 valence electrons. The summed E-state index contributed by atoms with van der Waals surface area (Å²) < 4.78 is 5.32. The van der Waals surface area contributed by atoms with Gasteiger partial charge in [-0.1, -0.05) is 11.6 Å². The Labute approximate surface area is 80.7 Å². The van der Waals surface area contributed by atoms with E-state index in [2.05, 4.69) is 0 Å². The van der Waals surface area contributed by atoms with Crippen LogP contribution in [0.3, 0.4) is 0 Å². The Balaban J connectivity index is 2.75. The molecule has 1 N–H and O–H groups in total. The van der Waals surface area contributed by atoms with Crippen LogP contribution >= 0.6 is 11.6 Å². The number of hydrogen-bond acceptors (Lipinski definition) is 2. The van der Waals surface area contributed by atoms with Gasteiger partial charge >= 0.3 is 0 Å². The number of aryl methyl sites for hydroxylation is 1. The van der Waals surface area contributed by atoms with E-state index in [0.29, 0.717) is 16.4 Å². The topological polar surface area (TPSA) is 33.4 Å². The number of hydrogen-bond donors (Lipinski definition) is 1. The monoisotopic (exact) mass is 196 g/mol. The molecule has 0 fully saturated rings. The van der Waals surface area contributed by atoms with Crippen LogP contribution in [-0.4, -0.2) is 5.11 Å². The highest BCUT2D eigenvalue weighted by atomic mass is 35.5. The zero-order valence-corrected chi connectivity index (χ0v) is 7.93. The zero-order valence-electron chi connectivity index (χ0n) is 7.17. The highest BCUT2D eigenvalue weighted by Crippen LogP contribution is 2.28. The number of aliphatic hydroxyl groups is 1. The lowest BCUT2D eigenvalue weighted by Gasteiger charge is -1.94. The molecule has 0 spiro atoms. The fraction of sp³-hybridized carbons (Fsp3) is 0.200. The van der Waals surface area contributed by atoms with E-state index in [1.54, 1.807) is 6.07 Å². The van der Waals surface area contributed by atoms with E-state index in [9.17, 15) is 0 Å². The Hall–Kier alpha value is -0.990. The van der Waals surface area contributed by atoms with Crippen molar-refractivity contribution >= 4 is 22.6 Å². The first-order valence-electron chi connectivity index (χ1n) is 4.00. The SMILES string of the molecule is Cc1cc(Cl)c2oc(CO)cc2c1. The Morgan fingerprint density at radius 3 is 2.85 bits per heavy atom. The molecule has 13 heavy (non-hydrogen) atoms. The number of rotatable bonds is 1. The van der Waals surface area contributed by atoms with Gasteiger partial charge in [0, 0.05) is 5.39 Å². The molecule has 2 aromatic rings. The third-order valence-electron chi connectivity index (χ3n) is 1.92. The molecule has 2 nitrogen and oxygen atoms in total. The summed E-state index contributed by atoms with van der Waals surface area (Å²) in [7, 11) is 0. The first kappa shape index (κ1) is 8.60. The summed E-state index contributed by atoms with van der Waals surface area (Å²) in [6.07, 6.45) is 0. The quantitative estimate of drug-likeness (QED) is 0.761. The number of aliphatic hydroxyl groups excluding tert-OH is 1. The Morgan fingerprint density at radius 2 is 2.15 bits per heavy atom. The van der Waals surface area contributed by atoms with E-state index in [1.165, 1.54) is 0 Å². The standard InChI is InChI=1S/C10H9ClO2/c1-6-2-7-4-8(5-12)13-10(7)9(11)3-6/h2-4,12H,5H2,1H3. The van der Waals surface area contributed by atoms with Crippen LogP contribution in [0, 0.1) is 6.92 Å². The summed E-state index contributed by atoms with van der Waals surface area (Å²) in [4.78, 5) is 0. The van der Waals surface area contributed by atoms with Gasteiger partial charge in [-0.15, -0.1) is 0 Å². The molecule has 2 rings (SSSR count). The van der Waals surface area contributed by atoms with Crippen molar-refractivity contribution in [2.24, 2.45) is 0 Å². The van der Waals surface area contributed by atoms with Gasteiger partial charge in [-0.3, -0.25) is 0 Å². The highest BCUT2D eigenvalue weighted by molar-refractivity contribution is 6.34. The van der Waals surface area contributed by atoms with Gasteiger partial charge in [0.25, 0.3) is 0 Å². The molecule has 0 aliphatic rings. The number of furan rings is 1. The van der Waals surface area contributed by atoms with Crippen molar-refractivity contribution in [3.63, 3.8) is 0 Å². The van der Waals surface area contributed by atoms with Gasteiger partial charge in [-0.05, 0) is 30.7 Å². The molecule has 3 heteroatoms. The normalized spacial score (nSPS) is 11.0. The Bertz CT molecular complexity index is 445. The first-order valence-corrected chi connectivity index (χ1v) is 4.38. The lowest BCUT2D eigenvalue weighted by Crippen LogP contribution is -1.72. The number of fused-ring (bicyclic) bond motifs is 1. The minimum absolute atomic E-state index is 0.0932. The van der Waals surface area contributed by atoms with E-state index < -0.39 is 0 Å². The van der Waals surface area contributed by atoms with Gasteiger partial charge in [-0.2, -0.15) is 0 Å². The van der Waals surface area contributed by atoms with Gasteiger partial charge in [0.05, 0.1) is 5.02 Å². The molecule has 0 saturated carbocycles. The second-order valence-electron chi connectivity index (χ2n) is 3.04. The second kappa shape index (κ2) is 3.05. The molecular formula is C10H9ClO2. The number of halogens is 1. The highest BCUT2D eigenvalue weighted by Gasteiger charge is 2.06. The van der Waals surface area contributed by atoms with Crippen LogP contribution in [0.2, 0.25) is 5.02 Å². The van der Waals surface area contributed by atoms with Gasteiger partial charge in [0.1, 0.15) is 12.4 Å². The summed E-state index contributed by atoms with van der Waals surface area (Å²) in [6, 6.07) is 5.62. The molecule has 0 aliphatic carbocycles. The Kier molecular flexibility index (Phi) is 2.02. The average Bonchev–Trinajstić information content (AvgIpc) is 2.47. The maximum atomic E-state index is 8.86. The molecule has 1 heterocycles. The van der Waals surface area contributed by atoms with E-state index >= 15 is 0 Å². The lowest BCUT2D eigenvalue weighted by molar-refractivity contribution is 0.251. The minimum atomic E-state index is -0.0932. The Morgan fingerprint density at radius 1 is 1.38 bits per heavy atom. The van der Waals surface area contributed by atoms with E-state index in [4.69, 9.17) is 21.1 Å². The average molecular weight is 197 g/mol. The smallest absolute Gasteiger partial charge is 0.152 e. The summed E-state index contributed by atoms with van der Waals surface area (Å²) in [6.45, 7) is 1.88. The zero-order chi connectivity index (χ0) is 9.42. The van der Waals surface area contributed by atoms with Gasteiger partial charge < -0.3 is 9.52 Å². The van der Waals surface area contributed by atoms with Crippen molar-refractivity contribution in [1.82, 2.24) is 0 Å². The van der Waals surface area contributed by atoms with Gasteiger partial charge in [-0.25, -0.2) is 0 Å². The van der Waals surface area contributed by atoms with Crippen LogP contribution in [0.15, 0.2) is 22.6 Å². The van der Waals surface area contributed by atoms with E-state index in [0.717, 1.165) is 10.9 Å². The minimum Gasteiger partial charge on any atom is -0.457 e. The molecule has 0 aliphatic heterocycles. The summed E-state index contributed by atoms with van der Waals surface area (Å²) in [5, 5.41) is 10.4. The van der Waals surface area contributed by atoms with Gasteiger partial charge in [0.15, 0.2) is 5.58 Å². The molecule has 1 aromatic heterocycles. The third kappa shape index (κ3) is 1.43. The third-order valence-corrected chi connectivity index (χ3v) is 2.20. The molecule has 0 atom stereocenters. The fourth-order valence-electron chi connectivity index (χ4n) is 1.38. The molecule has 0 amide bonds. The van der Waals surface area contributed by atoms with E-state index in [1.807, 2.05) is 19.1 Å². The maximum Gasteiger partial charge on any atom is 0.152 e. The van der Waals surface area contributed by atoms with Crippen LogP contribution in [0.5, 0.6) is 0 Å². The predicted octanol–water partition coefficient (Wildman–Crippen LogP) is 2.89. The molecular weight excluding hydrogens is 188 g/mol. The maximum absolute atomic E-state index is 8.86. The van der Waals surface area contributed by atoms with Crippen molar-refractivity contribution in [1.29, 1.82) is 0 Å². The van der Waals surface area contributed by atoms with Crippen molar-refractivity contribution in [2.75, 3.05) is 0 Å². The molecule has 0 bridgehead atoms. The predicted molar refractivity (Wildman–Crippen MR) is 51.9 cm³/mol. The van der Waals surface area contributed by atoms with Crippen LogP contribution in [0.25, 0.3) is 11.0 Å².